The van der Waals surface area contributed by atoms with Crippen LogP contribution >= 0.6 is 11.6 Å². The van der Waals surface area contributed by atoms with Gasteiger partial charge >= 0.3 is 5.97 Å². The molecule has 78 valence electrons. The maximum Gasteiger partial charge on any atom is 0.378 e. The van der Waals surface area contributed by atoms with Crippen molar-refractivity contribution < 1.29 is 9.53 Å². The van der Waals surface area contributed by atoms with E-state index in [-0.39, 0.29) is 11.6 Å². The third-order valence-corrected chi connectivity index (χ3v) is 2.02. The van der Waals surface area contributed by atoms with Crippen LogP contribution in [-0.2, 0) is 4.74 Å². The maximum absolute atomic E-state index is 11.2. The van der Waals surface area contributed by atoms with E-state index >= 15 is 0 Å². The van der Waals surface area contributed by atoms with Gasteiger partial charge in [-0.1, -0.05) is 11.6 Å². The van der Waals surface area contributed by atoms with Gasteiger partial charge < -0.3 is 4.74 Å². The molecule has 0 amide bonds. The van der Waals surface area contributed by atoms with Crippen molar-refractivity contribution in [3.05, 3.63) is 22.7 Å². The molecular formula is C8H7ClN4O2. The number of carbonyl (C=O) groups excluding carboxylic acids is 1. The summed E-state index contributed by atoms with van der Waals surface area (Å²) in [4.78, 5) is 19.0. The molecule has 0 bridgehead atoms. The Morgan fingerprint density at radius 3 is 2.93 bits per heavy atom. The molecule has 0 atom stereocenters. The Balaban J connectivity index is 2.65. The first kappa shape index (κ1) is 9.85. The van der Waals surface area contributed by atoms with Crippen LogP contribution in [0.5, 0.6) is 0 Å². The van der Waals surface area contributed by atoms with Gasteiger partial charge in [-0.05, 0) is 13.0 Å². The number of methoxy groups -OCH3 is 1. The first-order chi connectivity index (χ1) is 7.11. The number of ether oxygens (including phenoxy) is 1. The van der Waals surface area contributed by atoms with Crippen molar-refractivity contribution in [2.24, 2.45) is 0 Å². The minimum Gasteiger partial charge on any atom is -0.463 e. The lowest BCUT2D eigenvalue weighted by atomic mass is 10.5. The second kappa shape index (κ2) is 3.47. The molecule has 0 saturated carbocycles. The fourth-order valence-electron chi connectivity index (χ4n) is 1.15. The van der Waals surface area contributed by atoms with Gasteiger partial charge in [0.25, 0.3) is 11.6 Å². The molecule has 0 fully saturated rings. The number of esters is 1. The van der Waals surface area contributed by atoms with Crippen molar-refractivity contribution in [2.75, 3.05) is 7.11 Å². The van der Waals surface area contributed by atoms with Crippen LogP contribution in [0.15, 0.2) is 6.07 Å². The first-order valence-electron chi connectivity index (χ1n) is 4.10. The highest BCUT2D eigenvalue weighted by Crippen LogP contribution is 2.10. The lowest BCUT2D eigenvalue weighted by Crippen LogP contribution is -2.04. The zero-order valence-electron chi connectivity index (χ0n) is 8.06. The molecule has 0 aliphatic rings. The molecule has 0 aromatic carbocycles. The quantitative estimate of drug-likeness (QED) is 0.533. The van der Waals surface area contributed by atoms with Crippen LogP contribution in [-0.4, -0.2) is 32.7 Å². The topological polar surface area (TPSA) is 69.4 Å². The second-order valence-electron chi connectivity index (χ2n) is 2.86. The van der Waals surface area contributed by atoms with Gasteiger partial charge in [0.05, 0.1) is 7.11 Å². The largest absolute Gasteiger partial charge is 0.463 e. The van der Waals surface area contributed by atoms with Crippen molar-refractivity contribution in [2.45, 2.75) is 6.92 Å². The van der Waals surface area contributed by atoms with Crippen LogP contribution in [0.3, 0.4) is 0 Å². The molecule has 2 rings (SSSR count). The van der Waals surface area contributed by atoms with Crippen molar-refractivity contribution in [1.82, 2.24) is 19.6 Å². The van der Waals surface area contributed by atoms with Crippen LogP contribution in [0.4, 0.5) is 0 Å². The van der Waals surface area contributed by atoms with E-state index in [0.29, 0.717) is 5.15 Å². The van der Waals surface area contributed by atoms with E-state index in [0.717, 1.165) is 5.69 Å². The molecule has 0 aliphatic heterocycles. The van der Waals surface area contributed by atoms with Crippen LogP contribution in [0.2, 0.25) is 5.15 Å². The van der Waals surface area contributed by atoms with Gasteiger partial charge in [0.1, 0.15) is 5.15 Å². The predicted molar refractivity (Wildman–Crippen MR) is 51.9 cm³/mol. The van der Waals surface area contributed by atoms with Gasteiger partial charge in [-0.3, -0.25) is 0 Å². The van der Waals surface area contributed by atoms with Crippen molar-refractivity contribution in [3.8, 4) is 0 Å². The first-order valence-corrected chi connectivity index (χ1v) is 4.48. The van der Waals surface area contributed by atoms with Gasteiger partial charge in [0, 0.05) is 5.69 Å². The zero-order valence-corrected chi connectivity index (χ0v) is 8.82. The fourth-order valence-corrected chi connectivity index (χ4v) is 1.39. The molecule has 2 aromatic rings. The molecule has 0 N–H and O–H groups in total. The normalized spacial score (nSPS) is 10.6. The summed E-state index contributed by atoms with van der Waals surface area (Å²) in [5.41, 5.74) is 0.743. The number of fused-ring (bicyclic) bond motifs is 1. The van der Waals surface area contributed by atoms with E-state index in [1.165, 1.54) is 11.6 Å². The number of hydrogen-bond acceptors (Lipinski definition) is 5. The molecule has 0 aliphatic carbocycles. The highest BCUT2D eigenvalue weighted by molar-refractivity contribution is 6.29. The van der Waals surface area contributed by atoms with Gasteiger partial charge in [0.2, 0.25) is 0 Å². The van der Waals surface area contributed by atoms with Gasteiger partial charge in [-0.15, -0.1) is 5.10 Å². The summed E-state index contributed by atoms with van der Waals surface area (Å²) < 4.78 is 5.93. The number of hydrogen-bond donors (Lipinski definition) is 0. The monoisotopic (exact) mass is 226 g/mol. The zero-order chi connectivity index (χ0) is 11.0. The molecule has 0 saturated heterocycles. The smallest absolute Gasteiger partial charge is 0.378 e. The van der Waals surface area contributed by atoms with E-state index in [4.69, 9.17) is 11.6 Å². The van der Waals surface area contributed by atoms with E-state index in [9.17, 15) is 4.79 Å². The van der Waals surface area contributed by atoms with Crippen molar-refractivity contribution >= 4 is 23.3 Å². The van der Waals surface area contributed by atoms with Crippen LogP contribution in [0, 0.1) is 6.92 Å². The fraction of sp³-hybridized carbons (Fsp3) is 0.250. The number of halogens is 1. The Labute approximate surface area is 89.9 Å². The Bertz CT molecular complexity index is 537. The summed E-state index contributed by atoms with van der Waals surface area (Å²) in [6, 6.07) is 1.63. The summed E-state index contributed by atoms with van der Waals surface area (Å²) in [7, 11) is 1.27. The average Bonchev–Trinajstić information content (AvgIpc) is 2.60. The summed E-state index contributed by atoms with van der Waals surface area (Å²) in [5, 5.41) is 4.24. The van der Waals surface area contributed by atoms with E-state index in [2.05, 4.69) is 19.8 Å². The molecule has 2 heterocycles. The molecule has 0 unspecified atom stereocenters. The molecular weight excluding hydrogens is 220 g/mol. The van der Waals surface area contributed by atoms with Crippen LogP contribution in [0.1, 0.15) is 16.3 Å². The number of nitrogens with zero attached hydrogens (tertiary/aromatic N) is 4. The summed E-state index contributed by atoms with van der Waals surface area (Å²) in [6.45, 7) is 1.79. The minimum atomic E-state index is -0.601. The number of rotatable bonds is 1. The highest BCUT2D eigenvalue weighted by atomic mass is 35.5. The van der Waals surface area contributed by atoms with Gasteiger partial charge in [-0.2, -0.15) is 9.97 Å². The third-order valence-electron chi connectivity index (χ3n) is 1.83. The summed E-state index contributed by atoms with van der Waals surface area (Å²) in [6.07, 6.45) is 0. The maximum atomic E-state index is 11.2. The summed E-state index contributed by atoms with van der Waals surface area (Å²) in [5.74, 6) is -0.355. The third kappa shape index (κ3) is 1.63. The highest BCUT2D eigenvalue weighted by Gasteiger charge is 2.14. The van der Waals surface area contributed by atoms with E-state index < -0.39 is 5.97 Å². The molecule has 2 aromatic heterocycles. The number of aromatic nitrogens is 4. The Hall–Kier alpha value is -1.69. The van der Waals surface area contributed by atoms with Gasteiger partial charge in [0.15, 0.2) is 0 Å². The van der Waals surface area contributed by atoms with Gasteiger partial charge in [-0.25, -0.2) is 9.31 Å². The van der Waals surface area contributed by atoms with Crippen LogP contribution in [0.25, 0.3) is 5.78 Å². The second-order valence-corrected chi connectivity index (χ2v) is 3.25. The molecule has 0 radical (unpaired) electrons. The molecule has 7 heteroatoms. The number of aryl methyl sites for hydroxylation is 1. The van der Waals surface area contributed by atoms with E-state index in [1.807, 2.05) is 0 Å². The summed E-state index contributed by atoms with van der Waals surface area (Å²) >= 11 is 5.74. The Morgan fingerprint density at radius 2 is 2.27 bits per heavy atom. The predicted octanol–water partition coefficient (Wildman–Crippen LogP) is 0.873. The lowest BCUT2D eigenvalue weighted by Gasteiger charge is -1.95. The van der Waals surface area contributed by atoms with Crippen molar-refractivity contribution in [1.29, 1.82) is 0 Å². The number of carbonyl (C=O) groups is 1. The van der Waals surface area contributed by atoms with Crippen LogP contribution < -0.4 is 0 Å². The minimum absolute atomic E-state index is 0.0321. The lowest BCUT2D eigenvalue weighted by molar-refractivity contribution is 0.0587. The Kier molecular flexibility index (Phi) is 2.28. The SMILES string of the molecule is COC(=O)c1nc2nc(Cl)cc(C)n2n1. The average molecular weight is 227 g/mol. The van der Waals surface area contributed by atoms with Crippen molar-refractivity contribution in [3.63, 3.8) is 0 Å². The molecule has 15 heavy (non-hydrogen) atoms. The Morgan fingerprint density at radius 1 is 1.53 bits per heavy atom. The van der Waals surface area contributed by atoms with E-state index in [1.54, 1.807) is 13.0 Å². The molecule has 6 nitrogen and oxygen atoms in total. The molecule has 0 spiro atoms. The standard InChI is InChI=1S/C8H7ClN4O2/c1-4-3-5(9)10-8-11-6(7(14)15-2)12-13(4)8/h3H,1-2H3.